The number of nitrogens with one attached hydrogen (secondary N) is 1. The van der Waals surface area contributed by atoms with Crippen LogP contribution in [0, 0.1) is 16.7 Å². The number of hydrogen-bond acceptors (Lipinski definition) is 2. The number of hydrogen-bond donors (Lipinski definition) is 1. The molecule has 0 atom stereocenters. The Kier molecular flexibility index (Phi) is 3.73. The molecule has 0 aromatic heterocycles. The van der Waals surface area contributed by atoms with Crippen molar-refractivity contribution in [1.82, 2.24) is 0 Å². The van der Waals surface area contributed by atoms with E-state index in [9.17, 15) is 0 Å². The second-order valence-corrected chi connectivity index (χ2v) is 5.72. The second-order valence-electron chi connectivity index (χ2n) is 4.87. The van der Waals surface area contributed by atoms with Gasteiger partial charge in [0.2, 0.25) is 0 Å². The van der Waals surface area contributed by atoms with E-state index in [4.69, 9.17) is 5.26 Å². The second kappa shape index (κ2) is 5.10. The van der Waals surface area contributed by atoms with Gasteiger partial charge in [0.15, 0.2) is 0 Å². The third-order valence-electron chi connectivity index (χ3n) is 3.92. The van der Waals surface area contributed by atoms with E-state index in [-0.39, 0.29) is 0 Å². The van der Waals surface area contributed by atoms with E-state index in [1.54, 1.807) is 0 Å². The lowest BCUT2D eigenvalue weighted by Gasteiger charge is -2.41. The molecule has 0 unspecified atom stereocenters. The first-order valence-corrected chi connectivity index (χ1v) is 6.92. The summed E-state index contributed by atoms with van der Waals surface area (Å²) in [7, 11) is 0. The van der Waals surface area contributed by atoms with E-state index in [1.807, 2.05) is 18.2 Å². The smallest absolute Gasteiger partial charge is 0.0992 e. The minimum atomic E-state index is 0.507. The quantitative estimate of drug-likeness (QED) is 0.897. The van der Waals surface area contributed by atoms with Gasteiger partial charge in [0.25, 0.3) is 0 Å². The van der Waals surface area contributed by atoms with Crippen molar-refractivity contribution in [2.75, 3.05) is 11.9 Å². The predicted octanol–water partition coefficient (Wildman–Crippen LogP) is 4.31. The fourth-order valence-electron chi connectivity index (χ4n) is 2.34. The number of nitrogens with zero attached hydrogens (tertiary/aromatic N) is 1. The largest absolute Gasteiger partial charge is 0.384 e. The standard InChI is InChI=1S/C14H17BrN2/c1-2-14(6-3-7-14)10-17-13-5-4-11(9-16)8-12(13)15/h4-5,8,17H,2-3,6-7,10H2,1H3. The van der Waals surface area contributed by atoms with Crippen molar-refractivity contribution in [2.24, 2.45) is 5.41 Å². The van der Waals surface area contributed by atoms with Crippen LogP contribution in [0.15, 0.2) is 22.7 Å². The lowest BCUT2D eigenvalue weighted by atomic mass is 9.67. The van der Waals surface area contributed by atoms with Gasteiger partial charge in [-0.05, 0) is 58.8 Å². The van der Waals surface area contributed by atoms with Gasteiger partial charge in [0.1, 0.15) is 0 Å². The van der Waals surface area contributed by atoms with Crippen LogP contribution in [0.25, 0.3) is 0 Å². The van der Waals surface area contributed by atoms with E-state index in [0.717, 1.165) is 16.7 Å². The van der Waals surface area contributed by atoms with Crippen LogP contribution in [0.2, 0.25) is 0 Å². The van der Waals surface area contributed by atoms with E-state index in [2.05, 4.69) is 34.2 Å². The Morgan fingerprint density at radius 2 is 2.24 bits per heavy atom. The Morgan fingerprint density at radius 1 is 1.47 bits per heavy atom. The highest BCUT2D eigenvalue weighted by Gasteiger charge is 2.34. The fourth-order valence-corrected chi connectivity index (χ4v) is 2.86. The molecule has 0 bridgehead atoms. The topological polar surface area (TPSA) is 35.8 Å². The highest BCUT2D eigenvalue weighted by atomic mass is 79.9. The number of halogens is 1. The molecule has 0 radical (unpaired) electrons. The van der Waals surface area contributed by atoms with Crippen molar-refractivity contribution < 1.29 is 0 Å². The molecule has 17 heavy (non-hydrogen) atoms. The fraction of sp³-hybridized carbons (Fsp3) is 0.500. The molecule has 0 spiro atoms. The zero-order valence-corrected chi connectivity index (χ0v) is 11.7. The molecule has 0 heterocycles. The Morgan fingerprint density at radius 3 is 2.71 bits per heavy atom. The molecule has 1 N–H and O–H groups in total. The first kappa shape index (κ1) is 12.4. The van der Waals surface area contributed by atoms with Crippen molar-refractivity contribution in [2.45, 2.75) is 32.6 Å². The van der Waals surface area contributed by atoms with Gasteiger partial charge in [-0.3, -0.25) is 0 Å². The zero-order chi connectivity index (χ0) is 12.3. The van der Waals surface area contributed by atoms with Crippen molar-refractivity contribution in [3.05, 3.63) is 28.2 Å². The SMILES string of the molecule is CCC1(CNc2ccc(C#N)cc2Br)CCC1. The number of nitriles is 1. The van der Waals surface area contributed by atoms with Gasteiger partial charge < -0.3 is 5.32 Å². The minimum absolute atomic E-state index is 0.507. The molecule has 2 rings (SSSR count). The van der Waals surface area contributed by atoms with Crippen molar-refractivity contribution >= 4 is 21.6 Å². The average Bonchev–Trinajstić information content (AvgIpc) is 2.30. The molecule has 1 aliphatic carbocycles. The summed E-state index contributed by atoms with van der Waals surface area (Å²) in [6.07, 6.45) is 5.28. The summed E-state index contributed by atoms with van der Waals surface area (Å²) in [5.41, 5.74) is 2.29. The van der Waals surface area contributed by atoms with Crippen LogP contribution in [0.1, 0.15) is 38.2 Å². The van der Waals surface area contributed by atoms with Crippen LogP contribution in [-0.2, 0) is 0 Å². The lowest BCUT2D eigenvalue weighted by molar-refractivity contribution is 0.145. The summed E-state index contributed by atoms with van der Waals surface area (Å²) in [4.78, 5) is 0. The maximum atomic E-state index is 8.81. The summed E-state index contributed by atoms with van der Waals surface area (Å²) >= 11 is 3.50. The number of rotatable bonds is 4. The van der Waals surface area contributed by atoms with Crippen LogP contribution in [0.4, 0.5) is 5.69 Å². The van der Waals surface area contributed by atoms with Crippen LogP contribution in [0.3, 0.4) is 0 Å². The average molecular weight is 293 g/mol. The summed E-state index contributed by atoms with van der Waals surface area (Å²) in [5.74, 6) is 0. The van der Waals surface area contributed by atoms with Crippen LogP contribution in [-0.4, -0.2) is 6.54 Å². The van der Waals surface area contributed by atoms with Crippen LogP contribution in [0.5, 0.6) is 0 Å². The Labute approximate surface area is 111 Å². The number of benzene rings is 1. The minimum Gasteiger partial charge on any atom is -0.384 e. The van der Waals surface area contributed by atoms with Gasteiger partial charge in [0.05, 0.1) is 11.6 Å². The monoisotopic (exact) mass is 292 g/mol. The maximum Gasteiger partial charge on any atom is 0.0992 e. The van der Waals surface area contributed by atoms with Gasteiger partial charge in [-0.25, -0.2) is 0 Å². The third-order valence-corrected chi connectivity index (χ3v) is 4.57. The summed E-state index contributed by atoms with van der Waals surface area (Å²) in [6, 6.07) is 7.84. The van der Waals surface area contributed by atoms with E-state index < -0.39 is 0 Å². The first-order valence-electron chi connectivity index (χ1n) is 6.13. The van der Waals surface area contributed by atoms with Crippen molar-refractivity contribution in [1.29, 1.82) is 5.26 Å². The molecule has 0 amide bonds. The van der Waals surface area contributed by atoms with Crippen molar-refractivity contribution in [3.8, 4) is 6.07 Å². The molecule has 1 aliphatic rings. The molecule has 3 heteroatoms. The highest BCUT2D eigenvalue weighted by molar-refractivity contribution is 9.10. The summed E-state index contributed by atoms with van der Waals surface area (Å²) in [6.45, 7) is 3.31. The summed E-state index contributed by atoms with van der Waals surface area (Å²) < 4.78 is 0.974. The van der Waals surface area contributed by atoms with Crippen LogP contribution < -0.4 is 5.32 Å². The van der Waals surface area contributed by atoms with Crippen LogP contribution >= 0.6 is 15.9 Å². The zero-order valence-electron chi connectivity index (χ0n) is 10.1. The Hall–Kier alpha value is -1.01. The third kappa shape index (κ3) is 2.63. The normalized spacial score (nSPS) is 17.0. The van der Waals surface area contributed by atoms with Crippen molar-refractivity contribution in [3.63, 3.8) is 0 Å². The highest BCUT2D eigenvalue weighted by Crippen LogP contribution is 2.44. The van der Waals surface area contributed by atoms with Gasteiger partial charge in [-0.1, -0.05) is 13.3 Å². The predicted molar refractivity (Wildman–Crippen MR) is 73.9 cm³/mol. The van der Waals surface area contributed by atoms with Gasteiger partial charge in [-0.2, -0.15) is 5.26 Å². The van der Waals surface area contributed by atoms with Gasteiger partial charge in [0, 0.05) is 16.7 Å². The summed E-state index contributed by atoms with van der Waals surface area (Å²) in [5, 5.41) is 12.3. The van der Waals surface area contributed by atoms with Gasteiger partial charge in [-0.15, -0.1) is 0 Å². The molecule has 1 aromatic carbocycles. The molecule has 1 saturated carbocycles. The van der Waals surface area contributed by atoms with E-state index in [1.165, 1.54) is 25.7 Å². The van der Waals surface area contributed by atoms with Gasteiger partial charge >= 0.3 is 0 Å². The van der Waals surface area contributed by atoms with E-state index >= 15 is 0 Å². The Balaban J connectivity index is 2.02. The molecule has 2 nitrogen and oxygen atoms in total. The number of anilines is 1. The first-order chi connectivity index (χ1) is 8.19. The Bertz CT molecular complexity index is 439. The molecule has 0 aliphatic heterocycles. The molecular weight excluding hydrogens is 276 g/mol. The molecular formula is C14H17BrN2. The molecule has 0 saturated heterocycles. The maximum absolute atomic E-state index is 8.81. The molecule has 90 valence electrons. The molecule has 1 fully saturated rings. The van der Waals surface area contributed by atoms with E-state index in [0.29, 0.717) is 11.0 Å². The molecule has 1 aromatic rings. The lowest BCUT2D eigenvalue weighted by Crippen LogP contribution is -2.35.